The molecular weight excluding hydrogens is 184 g/mol. The first-order valence-electron chi connectivity index (χ1n) is 4.90. The van der Waals surface area contributed by atoms with E-state index in [4.69, 9.17) is 14.2 Å². The van der Waals surface area contributed by atoms with E-state index in [2.05, 4.69) is 6.58 Å². The predicted octanol–water partition coefficient (Wildman–Crippen LogP) is 0.452. The second-order valence-corrected chi connectivity index (χ2v) is 3.70. The SMILES string of the molecule is C=CCC[C@H]1O[C@H](OC)[C@@H]2O[C@@H]2[C@@H]1O. The van der Waals surface area contributed by atoms with Gasteiger partial charge in [-0.2, -0.15) is 0 Å². The molecule has 2 saturated heterocycles. The monoisotopic (exact) mass is 200 g/mol. The zero-order valence-corrected chi connectivity index (χ0v) is 8.26. The fraction of sp³-hybridized carbons (Fsp3) is 0.800. The van der Waals surface area contributed by atoms with Crippen LogP contribution >= 0.6 is 0 Å². The largest absolute Gasteiger partial charge is 0.388 e. The quantitative estimate of drug-likeness (QED) is 0.529. The van der Waals surface area contributed by atoms with E-state index in [-0.39, 0.29) is 24.6 Å². The van der Waals surface area contributed by atoms with Gasteiger partial charge in [-0.15, -0.1) is 6.58 Å². The van der Waals surface area contributed by atoms with Gasteiger partial charge in [-0.25, -0.2) is 0 Å². The molecular formula is C10H16O4. The first kappa shape index (κ1) is 10.1. The Bertz CT molecular complexity index is 218. The molecule has 0 aromatic carbocycles. The van der Waals surface area contributed by atoms with Crippen molar-refractivity contribution in [3.05, 3.63) is 12.7 Å². The molecule has 1 N–H and O–H groups in total. The third kappa shape index (κ3) is 1.70. The maximum Gasteiger partial charge on any atom is 0.186 e. The number of aliphatic hydroxyl groups is 1. The number of aliphatic hydroxyl groups excluding tert-OH is 1. The van der Waals surface area contributed by atoms with Gasteiger partial charge in [0.2, 0.25) is 0 Å². The Kier molecular flexibility index (Phi) is 2.88. The molecule has 0 unspecified atom stereocenters. The summed E-state index contributed by atoms with van der Waals surface area (Å²) >= 11 is 0. The van der Waals surface area contributed by atoms with Crippen LogP contribution in [0.15, 0.2) is 12.7 Å². The molecule has 2 aliphatic rings. The van der Waals surface area contributed by atoms with Gasteiger partial charge in [0.25, 0.3) is 0 Å². The summed E-state index contributed by atoms with van der Waals surface area (Å²) in [4.78, 5) is 0. The number of hydrogen-bond acceptors (Lipinski definition) is 4. The van der Waals surface area contributed by atoms with Crippen molar-refractivity contribution in [2.45, 2.75) is 43.5 Å². The number of ether oxygens (including phenoxy) is 3. The Hall–Kier alpha value is -0.420. The van der Waals surface area contributed by atoms with E-state index >= 15 is 0 Å². The van der Waals surface area contributed by atoms with Crippen LogP contribution in [0.25, 0.3) is 0 Å². The molecule has 0 aromatic rings. The highest BCUT2D eigenvalue weighted by molar-refractivity contribution is 5.00. The summed E-state index contributed by atoms with van der Waals surface area (Å²) in [6.45, 7) is 3.64. The minimum absolute atomic E-state index is 0.0741. The van der Waals surface area contributed by atoms with Crippen LogP contribution in [0.5, 0.6) is 0 Å². The molecule has 0 saturated carbocycles. The molecule has 5 atom stereocenters. The van der Waals surface area contributed by atoms with Crippen LogP contribution in [0.1, 0.15) is 12.8 Å². The van der Waals surface area contributed by atoms with Crippen LogP contribution in [-0.2, 0) is 14.2 Å². The van der Waals surface area contributed by atoms with Gasteiger partial charge in [-0.3, -0.25) is 0 Å². The minimum atomic E-state index is -0.522. The van der Waals surface area contributed by atoms with E-state index in [0.29, 0.717) is 0 Å². The Morgan fingerprint density at radius 1 is 1.43 bits per heavy atom. The van der Waals surface area contributed by atoms with E-state index in [1.807, 2.05) is 6.08 Å². The third-order valence-electron chi connectivity index (χ3n) is 2.74. The summed E-state index contributed by atoms with van der Waals surface area (Å²) < 4.78 is 16.0. The van der Waals surface area contributed by atoms with Crippen molar-refractivity contribution in [2.75, 3.05) is 7.11 Å². The van der Waals surface area contributed by atoms with Crippen molar-refractivity contribution in [3.63, 3.8) is 0 Å². The molecule has 2 heterocycles. The Labute approximate surface area is 83.5 Å². The number of fused-ring (bicyclic) bond motifs is 1. The summed E-state index contributed by atoms with van der Waals surface area (Å²) in [5, 5.41) is 9.78. The average molecular weight is 200 g/mol. The minimum Gasteiger partial charge on any atom is -0.388 e. The number of epoxide rings is 1. The van der Waals surface area contributed by atoms with Crippen molar-refractivity contribution in [2.24, 2.45) is 0 Å². The lowest BCUT2D eigenvalue weighted by Gasteiger charge is -2.29. The normalized spacial score (nSPS) is 45.7. The summed E-state index contributed by atoms with van der Waals surface area (Å²) in [6.07, 6.45) is 2.20. The van der Waals surface area contributed by atoms with E-state index in [9.17, 15) is 5.11 Å². The van der Waals surface area contributed by atoms with Gasteiger partial charge in [0.15, 0.2) is 6.29 Å². The Balaban J connectivity index is 1.92. The van der Waals surface area contributed by atoms with Crippen LogP contribution in [0.3, 0.4) is 0 Å². The van der Waals surface area contributed by atoms with Gasteiger partial charge < -0.3 is 19.3 Å². The Morgan fingerprint density at radius 2 is 2.21 bits per heavy atom. The first-order chi connectivity index (χ1) is 6.77. The lowest BCUT2D eigenvalue weighted by Crippen LogP contribution is -2.45. The molecule has 80 valence electrons. The molecule has 0 aromatic heterocycles. The van der Waals surface area contributed by atoms with E-state index < -0.39 is 6.10 Å². The lowest BCUT2D eigenvalue weighted by molar-refractivity contribution is -0.200. The van der Waals surface area contributed by atoms with E-state index in [1.54, 1.807) is 7.11 Å². The molecule has 0 bridgehead atoms. The average Bonchev–Trinajstić information content (AvgIpc) is 2.97. The standard InChI is InChI=1S/C10H16O4/c1-3-4-5-6-7(11)8-9(14-8)10(12-2)13-6/h3,6-11H,1,4-5H2,2H3/t6-,7-,8-,9-,10+/m1/s1. The molecule has 4 nitrogen and oxygen atoms in total. The summed E-state index contributed by atoms with van der Waals surface area (Å²) in [5.41, 5.74) is 0. The summed E-state index contributed by atoms with van der Waals surface area (Å²) in [5.74, 6) is 0. The first-order valence-corrected chi connectivity index (χ1v) is 4.90. The molecule has 2 aliphatic heterocycles. The molecule has 14 heavy (non-hydrogen) atoms. The number of allylic oxidation sites excluding steroid dienone is 1. The van der Waals surface area contributed by atoms with Gasteiger partial charge in [-0.05, 0) is 12.8 Å². The van der Waals surface area contributed by atoms with Crippen LogP contribution in [0, 0.1) is 0 Å². The number of hydrogen-bond donors (Lipinski definition) is 1. The smallest absolute Gasteiger partial charge is 0.186 e. The van der Waals surface area contributed by atoms with Crippen molar-refractivity contribution >= 4 is 0 Å². The van der Waals surface area contributed by atoms with Gasteiger partial charge in [0.1, 0.15) is 18.3 Å². The Morgan fingerprint density at radius 3 is 2.86 bits per heavy atom. The summed E-state index contributed by atoms with van der Waals surface area (Å²) in [6, 6.07) is 0. The zero-order chi connectivity index (χ0) is 10.1. The second kappa shape index (κ2) is 3.98. The van der Waals surface area contributed by atoms with Gasteiger partial charge in [0, 0.05) is 7.11 Å². The molecule has 2 fully saturated rings. The van der Waals surface area contributed by atoms with Crippen molar-refractivity contribution < 1.29 is 19.3 Å². The molecule has 0 spiro atoms. The van der Waals surface area contributed by atoms with Gasteiger partial charge >= 0.3 is 0 Å². The van der Waals surface area contributed by atoms with Crippen LogP contribution in [0.2, 0.25) is 0 Å². The lowest BCUT2D eigenvalue weighted by atomic mass is 10.0. The highest BCUT2D eigenvalue weighted by Crippen LogP contribution is 2.38. The van der Waals surface area contributed by atoms with Gasteiger partial charge in [0.05, 0.1) is 6.10 Å². The predicted molar refractivity (Wildman–Crippen MR) is 49.8 cm³/mol. The van der Waals surface area contributed by atoms with Crippen molar-refractivity contribution in [3.8, 4) is 0 Å². The zero-order valence-electron chi connectivity index (χ0n) is 8.26. The van der Waals surface area contributed by atoms with Crippen LogP contribution in [-0.4, -0.2) is 42.9 Å². The molecule has 0 amide bonds. The molecule has 0 aliphatic carbocycles. The fourth-order valence-electron chi connectivity index (χ4n) is 1.88. The maximum atomic E-state index is 9.78. The van der Waals surface area contributed by atoms with Crippen LogP contribution < -0.4 is 0 Å². The number of rotatable bonds is 4. The maximum absolute atomic E-state index is 9.78. The fourth-order valence-corrected chi connectivity index (χ4v) is 1.88. The van der Waals surface area contributed by atoms with Crippen molar-refractivity contribution in [1.29, 1.82) is 0 Å². The summed E-state index contributed by atoms with van der Waals surface area (Å²) in [7, 11) is 1.59. The molecule has 4 heteroatoms. The topological polar surface area (TPSA) is 51.2 Å². The van der Waals surface area contributed by atoms with E-state index in [1.165, 1.54) is 0 Å². The highest BCUT2D eigenvalue weighted by Gasteiger charge is 2.57. The van der Waals surface area contributed by atoms with Crippen LogP contribution in [0.4, 0.5) is 0 Å². The second-order valence-electron chi connectivity index (χ2n) is 3.70. The van der Waals surface area contributed by atoms with Gasteiger partial charge in [-0.1, -0.05) is 6.08 Å². The van der Waals surface area contributed by atoms with Crippen molar-refractivity contribution in [1.82, 2.24) is 0 Å². The number of methoxy groups -OCH3 is 1. The third-order valence-corrected chi connectivity index (χ3v) is 2.74. The highest BCUT2D eigenvalue weighted by atomic mass is 16.7. The van der Waals surface area contributed by atoms with E-state index in [0.717, 1.165) is 12.8 Å². The molecule has 0 radical (unpaired) electrons. The molecule has 2 rings (SSSR count).